The number of hydrogen-bond donors (Lipinski definition) is 2. The van der Waals surface area contributed by atoms with Gasteiger partial charge in [0.1, 0.15) is 0 Å². The van der Waals surface area contributed by atoms with Gasteiger partial charge in [0.05, 0.1) is 46.2 Å². The Balaban J connectivity index is 1.86. The maximum Gasteiger partial charge on any atom is 0.311 e. The Labute approximate surface area is 225 Å². The van der Waals surface area contributed by atoms with E-state index in [9.17, 15) is 20.0 Å². The van der Waals surface area contributed by atoms with Gasteiger partial charge in [-0.25, -0.2) is 0 Å². The van der Waals surface area contributed by atoms with E-state index in [1.54, 1.807) is 30.4 Å². The van der Waals surface area contributed by atoms with Gasteiger partial charge in [0, 0.05) is 23.9 Å². The smallest absolute Gasteiger partial charge is 0.311 e. The lowest BCUT2D eigenvalue weighted by molar-refractivity contribution is -0.385. The minimum atomic E-state index is -0.623. The molecule has 0 aliphatic rings. The molecule has 0 saturated heterocycles. The van der Waals surface area contributed by atoms with E-state index in [2.05, 4.69) is 5.32 Å². The zero-order valence-electron chi connectivity index (χ0n) is 22.0. The number of ketones is 1. The van der Waals surface area contributed by atoms with Crippen molar-refractivity contribution in [2.75, 3.05) is 40.9 Å². The normalized spacial score (nSPS) is 10.9. The molecule has 0 amide bonds. The van der Waals surface area contributed by atoms with Crippen LogP contribution in [0.2, 0.25) is 0 Å². The van der Waals surface area contributed by atoms with Crippen molar-refractivity contribution in [1.82, 2.24) is 0 Å². The molecular formula is C28H28N2O9. The number of hydrogen-bond acceptors (Lipinski definition) is 10. The van der Waals surface area contributed by atoms with Crippen LogP contribution in [0.5, 0.6) is 34.5 Å². The van der Waals surface area contributed by atoms with E-state index in [4.69, 9.17) is 23.7 Å². The minimum Gasteiger partial charge on any atom is -0.504 e. The summed E-state index contributed by atoms with van der Waals surface area (Å²) in [6, 6.07) is 10.7. The number of anilines is 1. The second-order valence-corrected chi connectivity index (χ2v) is 7.90. The van der Waals surface area contributed by atoms with Gasteiger partial charge in [0.2, 0.25) is 5.75 Å². The maximum atomic E-state index is 12.6. The third-order valence-electron chi connectivity index (χ3n) is 5.58. The van der Waals surface area contributed by atoms with Gasteiger partial charge in [-0.2, -0.15) is 0 Å². The molecule has 0 aliphatic heterocycles. The summed E-state index contributed by atoms with van der Waals surface area (Å²) in [6.45, 7) is 0. The van der Waals surface area contributed by atoms with Crippen molar-refractivity contribution >= 4 is 29.3 Å². The number of nitrogens with one attached hydrogen (secondary N) is 1. The molecule has 0 heterocycles. The molecule has 204 valence electrons. The van der Waals surface area contributed by atoms with E-state index in [0.717, 1.165) is 11.6 Å². The van der Waals surface area contributed by atoms with Crippen LogP contribution in [0.25, 0.3) is 12.2 Å². The average Bonchev–Trinajstić information content (AvgIpc) is 2.94. The molecule has 0 fully saturated rings. The Kier molecular flexibility index (Phi) is 9.36. The zero-order chi connectivity index (χ0) is 28.5. The third-order valence-corrected chi connectivity index (χ3v) is 5.58. The van der Waals surface area contributed by atoms with Crippen LogP contribution < -0.4 is 29.0 Å². The van der Waals surface area contributed by atoms with E-state index in [-0.39, 0.29) is 28.5 Å². The van der Waals surface area contributed by atoms with Crippen LogP contribution in [-0.4, -0.2) is 51.4 Å². The lowest BCUT2D eigenvalue weighted by atomic mass is 10.1. The minimum absolute atomic E-state index is 0.0512. The molecule has 0 bridgehead atoms. The van der Waals surface area contributed by atoms with Crippen LogP contribution in [0.3, 0.4) is 0 Å². The van der Waals surface area contributed by atoms with Gasteiger partial charge in [-0.05, 0) is 47.5 Å². The van der Waals surface area contributed by atoms with Crippen LogP contribution in [0, 0.1) is 10.1 Å². The molecule has 0 aliphatic carbocycles. The van der Waals surface area contributed by atoms with Crippen LogP contribution in [-0.2, 0) is 0 Å². The highest BCUT2D eigenvalue weighted by molar-refractivity contribution is 6.05. The summed E-state index contributed by atoms with van der Waals surface area (Å²) in [5.41, 5.74) is 1.55. The molecule has 0 radical (unpaired) electrons. The fourth-order valence-electron chi connectivity index (χ4n) is 3.73. The Hall–Kier alpha value is -5.19. The number of allylic oxidation sites excluding steroid dienone is 1. The molecule has 3 aromatic carbocycles. The van der Waals surface area contributed by atoms with Crippen LogP contribution in [0.4, 0.5) is 11.4 Å². The highest BCUT2D eigenvalue weighted by atomic mass is 16.6. The van der Waals surface area contributed by atoms with Crippen molar-refractivity contribution in [3.05, 3.63) is 81.5 Å². The maximum absolute atomic E-state index is 12.6. The summed E-state index contributed by atoms with van der Waals surface area (Å²) in [5, 5.41) is 24.7. The lowest BCUT2D eigenvalue weighted by Crippen LogP contribution is -2.00. The Morgan fingerprint density at radius 3 is 1.95 bits per heavy atom. The Morgan fingerprint density at radius 1 is 0.821 bits per heavy atom. The molecule has 39 heavy (non-hydrogen) atoms. The molecular weight excluding hydrogens is 508 g/mol. The first-order valence-electron chi connectivity index (χ1n) is 11.4. The van der Waals surface area contributed by atoms with Crippen LogP contribution >= 0.6 is 0 Å². The van der Waals surface area contributed by atoms with Crippen molar-refractivity contribution in [2.24, 2.45) is 0 Å². The topological polar surface area (TPSA) is 139 Å². The van der Waals surface area contributed by atoms with E-state index >= 15 is 0 Å². The number of benzene rings is 3. The number of nitro benzene ring substituents is 1. The third kappa shape index (κ3) is 6.58. The Bertz CT molecular complexity index is 1410. The number of carbonyl (C=O) groups excluding carboxylic acids is 1. The van der Waals surface area contributed by atoms with Crippen LogP contribution in [0.15, 0.2) is 54.7 Å². The fourth-order valence-corrected chi connectivity index (χ4v) is 3.73. The summed E-state index contributed by atoms with van der Waals surface area (Å²) in [4.78, 5) is 23.2. The standard InChI is InChI=1S/C28H28N2O9/c1-35-24-9-8-19(16-21(24)30(33)34)22(31)10-11-29-20-12-17(13-23(32)27(20)38-4)6-7-18-14-25(36-2)28(39-5)26(15-18)37-3/h6-16,29,32H,1-5H3/b7-6-,11-10-. The summed E-state index contributed by atoms with van der Waals surface area (Å²) in [7, 11) is 7.28. The number of carbonyl (C=O) groups is 1. The number of nitrogens with zero attached hydrogens (tertiary/aromatic N) is 1. The van der Waals surface area contributed by atoms with Crippen molar-refractivity contribution in [3.8, 4) is 34.5 Å². The first kappa shape index (κ1) is 28.4. The SMILES string of the molecule is COc1ccc(C(=O)/C=C\Nc2cc(/C=C\c3cc(OC)c(OC)c(OC)c3)cc(O)c2OC)cc1[N+](=O)[O-]. The second-order valence-electron chi connectivity index (χ2n) is 7.90. The molecule has 3 rings (SSSR count). The number of phenolic OH excluding ortho intramolecular Hbond substituents is 1. The van der Waals surface area contributed by atoms with Gasteiger partial charge in [-0.3, -0.25) is 14.9 Å². The van der Waals surface area contributed by atoms with Crippen molar-refractivity contribution < 1.29 is 38.5 Å². The second kappa shape index (κ2) is 12.9. The quantitative estimate of drug-likeness (QED) is 0.103. The monoisotopic (exact) mass is 536 g/mol. The first-order chi connectivity index (χ1) is 18.8. The molecule has 11 heteroatoms. The highest BCUT2D eigenvalue weighted by Crippen LogP contribution is 2.39. The number of aromatic hydroxyl groups is 1. The molecule has 0 saturated carbocycles. The van der Waals surface area contributed by atoms with E-state index < -0.39 is 10.7 Å². The first-order valence-corrected chi connectivity index (χ1v) is 11.4. The predicted molar refractivity (Wildman–Crippen MR) is 146 cm³/mol. The number of ether oxygens (including phenoxy) is 5. The fraction of sp³-hybridized carbons (Fsp3) is 0.179. The number of rotatable bonds is 12. The van der Waals surface area contributed by atoms with Gasteiger partial charge in [-0.15, -0.1) is 0 Å². The molecule has 11 nitrogen and oxygen atoms in total. The molecule has 0 unspecified atom stereocenters. The summed E-state index contributed by atoms with van der Waals surface area (Å²) >= 11 is 0. The zero-order valence-corrected chi connectivity index (χ0v) is 22.0. The van der Waals surface area contributed by atoms with Gasteiger partial charge >= 0.3 is 5.69 Å². The average molecular weight is 537 g/mol. The summed E-state index contributed by atoms with van der Waals surface area (Å²) in [5.74, 6) is 1.07. The number of phenols is 1. The highest BCUT2D eigenvalue weighted by Gasteiger charge is 2.17. The Morgan fingerprint density at radius 2 is 1.41 bits per heavy atom. The van der Waals surface area contributed by atoms with E-state index in [1.165, 1.54) is 66.0 Å². The number of methoxy groups -OCH3 is 5. The summed E-state index contributed by atoms with van der Waals surface area (Å²) < 4.78 is 26.4. The molecule has 2 N–H and O–H groups in total. The molecule has 3 aromatic rings. The van der Waals surface area contributed by atoms with Crippen LogP contribution in [0.1, 0.15) is 21.5 Å². The van der Waals surface area contributed by atoms with Gasteiger partial charge in [0.25, 0.3) is 0 Å². The summed E-state index contributed by atoms with van der Waals surface area (Å²) in [6.07, 6.45) is 6.12. The van der Waals surface area contributed by atoms with Gasteiger partial charge < -0.3 is 34.1 Å². The van der Waals surface area contributed by atoms with Crippen molar-refractivity contribution in [1.29, 1.82) is 0 Å². The van der Waals surface area contributed by atoms with Gasteiger partial charge in [0.15, 0.2) is 34.5 Å². The number of nitro groups is 1. The van der Waals surface area contributed by atoms with Crippen molar-refractivity contribution in [2.45, 2.75) is 0 Å². The molecule has 0 spiro atoms. The van der Waals surface area contributed by atoms with Gasteiger partial charge in [-0.1, -0.05) is 12.2 Å². The predicted octanol–water partition coefficient (Wildman–Crippen LogP) is 5.32. The lowest BCUT2D eigenvalue weighted by Gasteiger charge is -2.13. The van der Waals surface area contributed by atoms with E-state index in [1.807, 2.05) is 0 Å². The molecule has 0 atom stereocenters. The van der Waals surface area contributed by atoms with E-state index in [0.29, 0.717) is 28.5 Å². The largest absolute Gasteiger partial charge is 0.504 e. The van der Waals surface area contributed by atoms with Crippen molar-refractivity contribution in [3.63, 3.8) is 0 Å². The molecule has 0 aromatic heterocycles.